The summed E-state index contributed by atoms with van der Waals surface area (Å²) in [6.07, 6.45) is 2.11. The van der Waals surface area contributed by atoms with E-state index in [0.29, 0.717) is 34.5 Å². The Hall–Kier alpha value is -1.78. The van der Waals surface area contributed by atoms with Crippen molar-refractivity contribution in [1.29, 1.82) is 0 Å². The number of nitrogens with two attached hydrogens (primary N) is 1. The van der Waals surface area contributed by atoms with E-state index in [0.717, 1.165) is 5.56 Å². The second-order valence-electron chi connectivity index (χ2n) is 5.96. The fourth-order valence-electron chi connectivity index (χ4n) is 2.52. The number of nitrogens with zero attached hydrogens (tertiary/aromatic N) is 1. The van der Waals surface area contributed by atoms with Crippen molar-refractivity contribution >= 4 is 37.6 Å². The molecule has 0 saturated heterocycles. The van der Waals surface area contributed by atoms with E-state index in [1.165, 1.54) is 18.2 Å². The molecule has 0 amide bonds. The van der Waals surface area contributed by atoms with Gasteiger partial charge in [-0.2, -0.15) is 0 Å². The van der Waals surface area contributed by atoms with Gasteiger partial charge in [-0.05, 0) is 65.3 Å². The molecule has 0 aliphatic heterocycles. The highest BCUT2D eigenvalue weighted by molar-refractivity contribution is 9.10. The topological polar surface area (TPSA) is 101 Å². The summed E-state index contributed by atoms with van der Waals surface area (Å²) in [7, 11) is -3.78. The van der Waals surface area contributed by atoms with E-state index in [4.69, 9.17) is 17.3 Å². The average molecular weight is 488 g/mol. The molecular formula is C18H17BrClFN4O2S. The van der Waals surface area contributed by atoms with Gasteiger partial charge in [0.15, 0.2) is 0 Å². The van der Waals surface area contributed by atoms with Crippen LogP contribution < -0.4 is 10.5 Å². The Balaban J connectivity index is 1.93. The number of halogens is 3. The van der Waals surface area contributed by atoms with Crippen molar-refractivity contribution in [2.24, 2.45) is 5.73 Å². The van der Waals surface area contributed by atoms with Gasteiger partial charge >= 0.3 is 0 Å². The second kappa shape index (κ2) is 8.71. The minimum absolute atomic E-state index is 0.0360. The molecule has 0 aliphatic carbocycles. The highest BCUT2D eigenvalue weighted by Crippen LogP contribution is 2.29. The van der Waals surface area contributed by atoms with Crippen molar-refractivity contribution in [1.82, 2.24) is 14.7 Å². The van der Waals surface area contributed by atoms with Crippen molar-refractivity contribution < 1.29 is 12.8 Å². The lowest BCUT2D eigenvalue weighted by Crippen LogP contribution is -2.26. The van der Waals surface area contributed by atoms with Crippen molar-refractivity contribution in [3.8, 4) is 22.6 Å². The molecule has 3 aromatic rings. The number of benzene rings is 2. The summed E-state index contributed by atoms with van der Waals surface area (Å²) in [4.78, 5) is 7.38. The van der Waals surface area contributed by atoms with Crippen LogP contribution in [0, 0.1) is 5.82 Å². The van der Waals surface area contributed by atoms with E-state index < -0.39 is 10.0 Å². The van der Waals surface area contributed by atoms with Gasteiger partial charge in [-0.25, -0.2) is 22.5 Å². The Morgan fingerprint density at radius 3 is 2.68 bits per heavy atom. The molecule has 4 N–H and O–H groups in total. The molecule has 3 rings (SSSR count). The Morgan fingerprint density at radius 2 is 1.96 bits per heavy atom. The number of H-pyrrole nitrogens is 1. The van der Waals surface area contributed by atoms with E-state index in [2.05, 4.69) is 30.6 Å². The summed E-state index contributed by atoms with van der Waals surface area (Å²) in [6, 6.07) is 9.23. The lowest BCUT2D eigenvalue weighted by Gasteiger charge is -2.09. The molecule has 0 saturated carbocycles. The summed E-state index contributed by atoms with van der Waals surface area (Å²) < 4.78 is 41.2. The highest BCUT2D eigenvalue weighted by atomic mass is 79.9. The first-order valence-electron chi connectivity index (χ1n) is 8.32. The van der Waals surface area contributed by atoms with E-state index in [9.17, 15) is 12.8 Å². The van der Waals surface area contributed by atoms with Crippen LogP contribution in [0.4, 0.5) is 4.39 Å². The number of aromatic amines is 1. The number of hydrogen-bond acceptors (Lipinski definition) is 4. The number of nitrogens with one attached hydrogen (secondary N) is 2. The van der Waals surface area contributed by atoms with E-state index in [1.807, 2.05) is 0 Å². The SMILES string of the molecule is NCCCNS(=O)(=O)c1cc(-c2ncc(-c3ccc(F)c(Br)c3)[nH]2)ccc1Cl. The summed E-state index contributed by atoms with van der Waals surface area (Å²) in [5, 5.41) is 0.109. The molecule has 0 spiro atoms. The Kier molecular flexibility index (Phi) is 6.51. The van der Waals surface area contributed by atoms with Crippen LogP contribution in [-0.4, -0.2) is 31.5 Å². The van der Waals surface area contributed by atoms with E-state index >= 15 is 0 Å². The number of hydrogen-bond donors (Lipinski definition) is 3. The molecule has 28 heavy (non-hydrogen) atoms. The Labute approximate surface area is 175 Å². The van der Waals surface area contributed by atoms with E-state index in [1.54, 1.807) is 24.4 Å². The third-order valence-corrected chi connectivity index (χ3v) is 6.52. The fraction of sp³-hybridized carbons (Fsp3) is 0.167. The van der Waals surface area contributed by atoms with Gasteiger partial charge in [0.05, 0.1) is 21.4 Å². The molecule has 148 valence electrons. The lowest BCUT2D eigenvalue weighted by molar-refractivity contribution is 0.579. The fourth-order valence-corrected chi connectivity index (χ4v) is 4.50. The summed E-state index contributed by atoms with van der Waals surface area (Å²) >= 11 is 9.25. The molecule has 0 radical (unpaired) electrons. The van der Waals surface area contributed by atoms with E-state index in [-0.39, 0.29) is 22.3 Å². The maximum atomic E-state index is 13.4. The molecule has 1 aromatic heterocycles. The summed E-state index contributed by atoms with van der Waals surface area (Å²) in [6.45, 7) is 0.606. The first kappa shape index (κ1) is 20.9. The molecule has 1 heterocycles. The maximum absolute atomic E-state index is 13.4. The second-order valence-corrected chi connectivity index (χ2v) is 8.96. The van der Waals surface area contributed by atoms with Crippen LogP contribution >= 0.6 is 27.5 Å². The zero-order chi connectivity index (χ0) is 20.3. The van der Waals surface area contributed by atoms with Crippen molar-refractivity contribution in [2.45, 2.75) is 11.3 Å². The zero-order valence-electron chi connectivity index (χ0n) is 14.5. The van der Waals surface area contributed by atoms with Gasteiger partial charge in [0.1, 0.15) is 16.5 Å². The van der Waals surface area contributed by atoms with Gasteiger partial charge in [-0.1, -0.05) is 11.6 Å². The molecule has 0 bridgehead atoms. The van der Waals surface area contributed by atoms with Crippen LogP contribution in [0.25, 0.3) is 22.6 Å². The standard InChI is InChI=1S/C18H17BrClFN4O2S/c19-13-8-11(3-5-15(13)21)16-10-23-18(25-16)12-2-4-14(20)17(9-12)28(26,27)24-7-1-6-22/h2-5,8-10,24H,1,6-7,22H2,(H,23,25). The number of imidazole rings is 1. The van der Waals surface area contributed by atoms with Gasteiger partial charge in [-0.15, -0.1) is 0 Å². The molecule has 0 atom stereocenters. The highest BCUT2D eigenvalue weighted by Gasteiger charge is 2.19. The third kappa shape index (κ3) is 4.61. The first-order valence-corrected chi connectivity index (χ1v) is 11.0. The molecule has 10 heteroatoms. The predicted molar refractivity (Wildman–Crippen MR) is 111 cm³/mol. The molecule has 0 aliphatic rings. The normalized spacial score (nSPS) is 11.7. The van der Waals surface area contributed by atoms with Gasteiger partial charge < -0.3 is 10.7 Å². The summed E-state index contributed by atoms with van der Waals surface area (Å²) in [5.41, 5.74) is 7.35. The molecule has 0 fully saturated rings. The van der Waals surface area contributed by atoms with Crippen LogP contribution in [-0.2, 0) is 10.0 Å². The van der Waals surface area contributed by atoms with Crippen LogP contribution in [0.1, 0.15) is 6.42 Å². The molecular weight excluding hydrogens is 471 g/mol. The van der Waals surface area contributed by atoms with Gasteiger partial charge in [0.25, 0.3) is 0 Å². The minimum Gasteiger partial charge on any atom is -0.338 e. The van der Waals surface area contributed by atoms with Crippen LogP contribution in [0.3, 0.4) is 0 Å². The molecule has 2 aromatic carbocycles. The maximum Gasteiger partial charge on any atom is 0.242 e. The average Bonchev–Trinajstić information content (AvgIpc) is 3.14. The predicted octanol–water partition coefficient (Wildman–Crippen LogP) is 3.93. The largest absolute Gasteiger partial charge is 0.338 e. The zero-order valence-corrected chi connectivity index (χ0v) is 17.7. The summed E-state index contributed by atoms with van der Waals surface area (Å²) in [5.74, 6) is 0.101. The van der Waals surface area contributed by atoms with Gasteiger partial charge in [0.2, 0.25) is 10.0 Å². The van der Waals surface area contributed by atoms with Gasteiger partial charge in [-0.3, -0.25) is 0 Å². The number of sulfonamides is 1. The molecule has 0 unspecified atom stereocenters. The van der Waals surface area contributed by atoms with Crippen LogP contribution in [0.15, 0.2) is 52.0 Å². The number of rotatable bonds is 7. The minimum atomic E-state index is -3.78. The molecule has 6 nitrogen and oxygen atoms in total. The van der Waals surface area contributed by atoms with Gasteiger partial charge in [0, 0.05) is 17.7 Å². The third-order valence-electron chi connectivity index (χ3n) is 3.97. The smallest absolute Gasteiger partial charge is 0.242 e. The quantitative estimate of drug-likeness (QED) is 0.440. The van der Waals surface area contributed by atoms with Crippen molar-refractivity contribution in [2.75, 3.05) is 13.1 Å². The lowest BCUT2D eigenvalue weighted by atomic mass is 10.2. The Bertz CT molecular complexity index is 1100. The van der Waals surface area contributed by atoms with Crippen molar-refractivity contribution in [3.63, 3.8) is 0 Å². The first-order chi connectivity index (χ1) is 13.3. The number of aromatic nitrogens is 2. The van der Waals surface area contributed by atoms with Crippen molar-refractivity contribution in [3.05, 3.63) is 57.9 Å². The van der Waals surface area contributed by atoms with Crippen LogP contribution in [0.2, 0.25) is 5.02 Å². The Morgan fingerprint density at radius 1 is 1.21 bits per heavy atom. The van der Waals surface area contributed by atoms with Crippen LogP contribution in [0.5, 0.6) is 0 Å². The monoisotopic (exact) mass is 486 g/mol.